The molecule has 0 spiro atoms. The van der Waals surface area contributed by atoms with E-state index in [1.54, 1.807) is 4.72 Å². The van der Waals surface area contributed by atoms with Gasteiger partial charge in [-0.15, -0.1) is 0 Å². The van der Waals surface area contributed by atoms with Crippen LogP contribution in [0.1, 0.15) is 0 Å². The quantitative estimate of drug-likeness (QED) is 0.711. The van der Waals surface area contributed by atoms with Crippen molar-refractivity contribution >= 4 is 38.9 Å². The Morgan fingerprint density at radius 2 is 1.95 bits per heavy atom. The highest BCUT2D eigenvalue weighted by atomic mass is 35.5. The van der Waals surface area contributed by atoms with Gasteiger partial charge in [0.05, 0.1) is 15.7 Å². The summed E-state index contributed by atoms with van der Waals surface area (Å²) >= 11 is 11.4. The molecule has 10 heteroatoms. The van der Waals surface area contributed by atoms with Gasteiger partial charge in [-0.1, -0.05) is 23.2 Å². The second-order valence-corrected chi connectivity index (χ2v) is 6.05. The van der Waals surface area contributed by atoms with E-state index in [1.807, 2.05) is 0 Å². The van der Waals surface area contributed by atoms with Crippen LogP contribution >= 0.6 is 23.2 Å². The van der Waals surface area contributed by atoms with Crippen LogP contribution in [0.2, 0.25) is 10.0 Å². The molecule has 0 saturated heterocycles. The van der Waals surface area contributed by atoms with Crippen LogP contribution < -0.4 is 10.5 Å². The van der Waals surface area contributed by atoms with Gasteiger partial charge in [-0.3, -0.25) is 0 Å². The second-order valence-electron chi connectivity index (χ2n) is 3.53. The first-order valence-corrected chi connectivity index (χ1v) is 7.10. The minimum Gasteiger partial charge on any atom is -0.396 e. The van der Waals surface area contributed by atoms with E-state index in [4.69, 9.17) is 34.0 Å². The van der Waals surface area contributed by atoms with Crippen LogP contribution in [0, 0.1) is 0 Å². The van der Waals surface area contributed by atoms with E-state index in [9.17, 15) is 17.2 Å². The van der Waals surface area contributed by atoms with Crippen LogP contribution in [0.3, 0.4) is 0 Å². The first-order valence-electron chi connectivity index (χ1n) is 4.86. The molecule has 108 valence electrons. The molecule has 5 nitrogen and oxygen atoms in total. The van der Waals surface area contributed by atoms with Crippen LogP contribution in [0.5, 0.6) is 0 Å². The van der Waals surface area contributed by atoms with E-state index in [2.05, 4.69) is 0 Å². The zero-order chi connectivity index (χ0) is 14.8. The molecule has 0 aliphatic rings. The first-order chi connectivity index (χ1) is 8.66. The van der Waals surface area contributed by atoms with Crippen molar-refractivity contribution in [1.82, 2.24) is 4.72 Å². The van der Waals surface area contributed by atoms with Crippen molar-refractivity contribution in [2.75, 3.05) is 12.3 Å². The molecule has 1 unspecified atom stereocenters. The molecule has 0 amide bonds. The summed E-state index contributed by atoms with van der Waals surface area (Å²) in [4.78, 5) is -0.405. The number of benzene rings is 1. The molecule has 4 N–H and O–H groups in total. The number of anilines is 1. The van der Waals surface area contributed by atoms with Crippen LogP contribution in [-0.4, -0.2) is 32.6 Å². The minimum atomic E-state index is -4.17. The molecule has 0 aliphatic carbocycles. The van der Waals surface area contributed by atoms with E-state index < -0.39 is 34.0 Å². The van der Waals surface area contributed by atoms with Crippen LogP contribution in [-0.2, 0) is 10.0 Å². The number of nitrogens with one attached hydrogen (secondary N) is 1. The number of aliphatic hydroxyl groups is 1. The Balaban J connectivity index is 2.99. The topological polar surface area (TPSA) is 92.4 Å². The molecule has 0 bridgehead atoms. The fourth-order valence-electron chi connectivity index (χ4n) is 1.12. The number of sulfonamides is 1. The lowest BCUT2D eigenvalue weighted by Gasteiger charge is -2.13. The van der Waals surface area contributed by atoms with Crippen molar-refractivity contribution in [2.24, 2.45) is 0 Å². The standard InChI is InChI=1S/C9H10Cl2F2N2O3S/c10-4-1-2-6(7(11)8(4)14)19(17,18)15-3-5(16)9(12)13/h1-2,5,9,15-16H,3,14H2. The summed E-state index contributed by atoms with van der Waals surface area (Å²) in [7, 11) is -4.17. The van der Waals surface area contributed by atoms with Gasteiger partial charge in [-0.25, -0.2) is 21.9 Å². The van der Waals surface area contributed by atoms with Crippen LogP contribution in [0.4, 0.5) is 14.5 Å². The van der Waals surface area contributed by atoms with Gasteiger partial charge in [0.2, 0.25) is 10.0 Å². The van der Waals surface area contributed by atoms with Crippen molar-refractivity contribution in [2.45, 2.75) is 17.4 Å². The van der Waals surface area contributed by atoms with E-state index in [1.165, 1.54) is 6.07 Å². The second kappa shape index (κ2) is 6.19. The maximum absolute atomic E-state index is 12.1. The number of rotatable bonds is 5. The van der Waals surface area contributed by atoms with E-state index in [0.29, 0.717) is 0 Å². The Morgan fingerprint density at radius 3 is 2.47 bits per heavy atom. The molecule has 1 aromatic carbocycles. The van der Waals surface area contributed by atoms with E-state index in [0.717, 1.165) is 6.07 Å². The SMILES string of the molecule is Nc1c(Cl)ccc(S(=O)(=O)NCC(O)C(F)F)c1Cl. The van der Waals surface area contributed by atoms with Crippen molar-refractivity contribution in [3.05, 3.63) is 22.2 Å². The van der Waals surface area contributed by atoms with E-state index >= 15 is 0 Å². The maximum Gasteiger partial charge on any atom is 0.265 e. The van der Waals surface area contributed by atoms with Gasteiger partial charge in [-0.2, -0.15) is 0 Å². The lowest BCUT2D eigenvalue weighted by molar-refractivity contribution is -0.000451. The van der Waals surface area contributed by atoms with Gasteiger partial charge < -0.3 is 10.8 Å². The van der Waals surface area contributed by atoms with Gasteiger partial charge in [0.1, 0.15) is 11.0 Å². The zero-order valence-corrected chi connectivity index (χ0v) is 11.6. The molecular formula is C9H10Cl2F2N2O3S. The number of halogens is 4. The van der Waals surface area contributed by atoms with Gasteiger partial charge in [0.25, 0.3) is 6.43 Å². The Kier molecular flexibility index (Phi) is 5.34. The highest BCUT2D eigenvalue weighted by Gasteiger charge is 2.24. The molecule has 0 aliphatic heterocycles. The monoisotopic (exact) mass is 334 g/mol. The molecule has 0 saturated carbocycles. The van der Waals surface area contributed by atoms with Crippen molar-refractivity contribution in [3.8, 4) is 0 Å². The predicted octanol–water partition coefficient (Wildman–Crippen LogP) is 1.48. The van der Waals surface area contributed by atoms with Gasteiger partial charge >= 0.3 is 0 Å². The summed E-state index contributed by atoms with van der Waals surface area (Å²) < 4.78 is 49.5. The summed E-state index contributed by atoms with van der Waals surface area (Å²) in [5.41, 5.74) is 5.32. The summed E-state index contributed by atoms with van der Waals surface area (Å²) in [6.07, 6.45) is -5.17. The van der Waals surface area contributed by atoms with Crippen LogP contribution in [0.25, 0.3) is 0 Å². The van der Waals surface area contributed by atoms with Crippen molar-refractivity contribution < 1.29 is 22.3 Å². The number of hydrogen-bond acceptors (Lipinski definition) is 4. The average molecular weight is 335 g/mol. The van der Waals surface area contributed by atoms with E-state index in [-0.39, 0.29) is 15.7 Å². The number of hydrogen-bond donors (Lipinski definition) is 3. The average Bonchev–Trinajstić information content (AvgIpc) is 2.32. The Morgan fingerprint density at radius 1 is 1.37 bits per heavy atom. The molecule has 0 radical (unpaired) electrons. The first kappa shape index (κ1) is 16.4. The van der Waals surface area contributed by atoms with Gasteiger partial charge in [-0.05, 0) is 12.1 Å². The third-order valence-corrected chi connectivity index (χ3v) is 4.47. The molecular weight excluding hydrogens is 325 g/mol. The lowest BCUT2D eigenvalue weighted by Crippen LogP contribution is -2.36. The molecule has 0 fully saturated rings. The third-order valence-electron chi connectivity index (χ3n) is 2.15. The summed E-state index contributed by atoms with van der Waals surface area (Å²) in [6, 6.07) is 2.29. The van der Waals surface area contributed by atoms with Gasteiger partial charge in [0, 0.05) is 6.54 Å². The summed E-state index contributed by atoms with van der Waals surface area (Å²) in [6.45, 7) is -0.848. The molecule has 0 heterocycles. The summed E-state index contributed by atoms with van der Waals surface area (Å²) in [5, 5.41) is 8.60. The van der Waals surface area contributed by atoms with Crippen LogP contribution in [0.15, 0.2) is 17.0 Å². The Bertz CT molecular complexity index is 569. The summed E-state index contributed by atoms with van der Waals surface area (Å²) in [5.74, 6) is 0. The number of nitrogen functional groups attached to an aromatic ring is 1. The number of alkyl halides is 2. The Labute approximate surface area is 118 Å². The molecule has 19 heavy (non-hydrogen) atoms. The molecule has 1 atom stereocenters. The largest absolute Gasteiger partial charge is 0.396 e. The zero-order valence-electron chi connectivity index (χ0n) is 9.28. The molecule has 0 aromatic heterocycles. The fraction of sp³-hybridized carbons (Fsp3) is 0.333. The minimum absolute atomic E-state index is 0.0663. The maximum atomic E-state index is 12.1. The Hall–Kier alpha value is -0.670. The van der Waals surface area contributed by atoms with Crippen molar-refractivity contribution in [3.63, 3.8) is 0 Å². The fourth-order valence-corrected chi connectivity index (χ4v) is 2.93. The molecule has 1 rings (SSSR count). The smallest absolute Gasteiger partial charge is 0.265 e. The number of nitrogens with two attached hydrogens (primary N) is 1. The normalized spacial score (nSPS) is 13.8. The predicted molar refractivity (Wildman–Crippen MR) is 68.1 cm³/mol. The van der Waals surface area contributed by atoms with Crippen molar-refractivity contribution in [1.29, 1.82) is 0 Å². The highest BCUT2D eigenvalue weighted by Crippen LogP contribution is 2.32. The molecule has 1 aromatic rings. The lowest BCUT2D eigenvalue weighted by atomic mass is 10.3. The van der Waals surface area contributed by atoms with Gasteiger partial charge in [0.15, 0.2) is 0 Å². The third kappa shape index (κ3) is 3.90. The number of aliphatic hydroxyl groups excluding tert-OH is 1. The highest BCUT2D eigenvalue weighted by molar-refractivity contribution is 7.89.